The second-order valence-electron chi connectivity index (χ2n) is 6.68. The molecule has 4 unspecified atom stereocenters. The summed E-state index contributed by atoms with van der Waals surface area (Å²) in [6.45, 7) is 2.04. The highest BCUT2D eigenvalue weighted by Crippen LogP contribution is 2.53. The van der Waals surface area contributed by atoms with E-state index in [1.165, 1.54) is 11.6 Å². The van der Waals surface area contributed by atoms with Gasteiger partial charge in [-0.15, -0.1) is 0 Å². The topological polar surface area (TPSA) is 60.4 Å². The molecule has 1 spiro atoms. The van der Waals surface area contributed by atoms with Crippen molar-refractivity contribution in [3.8, 4) is 0 Å². The molecule has 5 heteroatoms. The molecule has 0 radical (unpaired) electrons. The summed E-state index contributed by atoms with van der Waals surface area (Å²) in [5.74, 6) is -0.557. The van der Waals surface area contributed by atoms with Crippen molar-refractivity contribution >= 4 is 15.8 Å². The third kappa shape index (κ3) is 2.10. The summed E-state index contributed by atoms with van der Waals surface area (Å²) in [6.07, 6.45) is 6.48. The van der Waals surface area contributed by atoms with Crippen LogP contribution in [0.4, 0.5) is 0 Å². The Kier molecular flexibility index (Phi) is 3.07. The Bertz CT molecular complexity index is 822. The van der Waals surface area contributed by atoms with Crippen molar-refractivity contribution in [2.75, 3.05) is 0 Å². The zero-order valence-corrected chi connectivity index (χ0v) is 13.6. The van der Waals surface area contributed by atoms with Crippen LogP contribution in [0.2, 0.25) is 0 Å². The third-order valence-electron chi connectivity index (χ3n) is 5.40. The molecule has 2 bridgehead atoms. The summed E-state index contributed by atoms with van der Waals surface area (Å²) in [6, 6.07) is 8.55. The summed E-state index contributed by atoms with van der Waals surface area (Å²) in [4.78, 5) is 12.0. The molecule has 1 heterocycles. The molecule has 1 aromatic carbocycles. The molecule has 0 saturated heterocycles. The monoisotopic (exact) mass is 330 g/mol. The first kappa shape index (κ1) is 14.7. The van der Waals surface area contributed by atoms with Crippen LogP contribution >= 0.6 is 0 Å². The van der Waals surface area contributed by atoms with E-state index < -0.39 is 20.7 Å². The standard InChI is InChI=1S/C18H18O4S/c1-12-9-15-16(23(20,21)14-5-3-2-4-6-14)10-13(12)11-18(15)8-7-17(19)22-18/h2-9,13,15-16H,10-11H2,1H3. The number of benzene rings is 1. The minimum Gasteiger partial charge on any atom is -0.451 e. The van der Waals surface area contributed by atoms with E-state index in [1.54, 1.807) is 36.4 Å². The van der Waals surface area contributed by atoms with Crippen LogP contribution in [0.15, 0.2) is 59.0 Å². The molecule has 3 aliphatic carbocycles. The van der Waals surface area contributed by atoms with Crippen molar-refractivity contribution in [3.05, 3.63) is 54.1 Å². The Morgan fingerprint density at radius 3 is 2.57 bits per heavy atom. The van der Waals surface area contributed by atoms with Gasteiger partial charge in [-0.25, -0.2) is 13.2 Å². The maximum Gasteiger partial charge on any atom is 0.331 e. The molecule has 0 N–H and O–H groups in total. The first-order chi connectivity index (χ1) is 10.9. The van der Waals surface area contributed by atoms with Gasteiger partial charge < -0.3 is 4.74 Å². The summed E-state index contributed by atoms with van der Waals surface area (Å²) in [5, 5.41) is -0.553. The fourth-order valence-electron chi connectivity index (χ4n) is 4.22. The van der Waals surface area contributed by atoms with E-state index in [9.17, 15) is 13.2 Å². The number of fused-ring (bicyclic) bond motifs is 1. The Morgan fingerprint density at radius 1 is 1.22 bits per heavy atom. The minimum atomic E-state index is -3.47. The molecule has 0 aromatic heterocycles. The van der Waals surface area contributed by atoms with Gasteiger partial charge in [0.05, 0.1) is 10.1 Å². The zero-order chi connectivity index (χ0) is 16.2. The van der Waals surface area contributed by atoms with Gasteiger partial charge in [0.2, 0.25) is 0 Å². The van der Waals surface area contributed by atoms with Crippen molar-refractivity contribution < 1.29 is 17.9 Å². The van der Waals surface area contributed by atoms with E-state index >= 15 is 0 Å². The minimum absolute atomic E-state index is 0.138. The summed E-state index contributed by atoms with van der Waals surface area (Å²) in [5.41, 5.74) is 0.419. The van der Waals surface area contributed by atoms with Crippen LogP contribution in [0.5, 0.6) is 0 Å². The normalized spacial score (nSPS) is 35.4. The van der Waals surface area contributed by atoms with E-state index in [0.29, 0.717) is 17.7 Å². The Balaban J connectivity index is 1.79. The smallest absolute Gasteiger partial charge is 0.331 e. The fraction of sp³-hybridized carbons (Fsp3) is 0.389. The Morgan fingerprint density at radius 2 is 1.96 bits per heavy atom. The van der Waals surface area contributed by atoms with E-state index in [0.717, 1.165) is 0 Å². The Hall–Kier alpha value is -1.88. The summed E-state index contributed by atoms with van der Waals surface area (Å²) in [7, 11) is -3.47. The highest BCUT2D eigenvalue weighted by Gasteiger charge is 2.57. The van der Waals surface area contributed by atoms with Crippen molar-refractivity contribution in [1.82, 2.24) is 0 Å². The lowest BCUT2D eigenvalue weighted by molar-refractivity contribution is -0.152. The lowest BCUT2D eigenvalue weighted by Gasteiger charge is -2.49. The first-order valence-electron chi connectivity index (χ1n) is 7.82. The van der Waals surface area contributed by atoms with Gasteiger partial charge in [0.1, 0.15) is 5.60 Å². The number of hydrogen-bond donors (Lipinski definition) is 0. The van der Waals surface area contributed by atoms with Gasteiger partial charge in [0.25, 0.3) is 0 Å². The van der Waals surface area contributed by atoms with Gasteiger partial charge in [-0.1, -0.05) is 29.8 Å². The van der Waals surface area contributed by atoms with Gasteiger partial charge in [0.15, 0.2) is 9.84 Å². The highest BCUT2D eigenvalue weighted by molar-refractivity contribution is 7.92. The molecule has 0 amide bonds. The molecule has 23 heavy (non-hydrogen) atoms. The van der Waals surface area contributed by atoms with Gasteiger partial charge in [-0.05, 0) is 43.9 Å². The van der Waals surface area contributed by atoms with Crippen LogP contribution < -0.4 is 0 Å². The number of rotatable bonds is 2. The molecule has 1 fully saturated rings. The first-order valence-corrected chi connectivity index (χ1v) is 9.36. The molecule has 4 nitrogen and oxygen atoms in total. The van der Waals surface area contributed by atoms with Crippen LogP contribution in [0.3, 0.4) is 0 Å². The summed E-state index contributed by atoms with van der Waals surface area (Å²) >= 11 is 0. The van der Waals surface area contributed by atoms with Crippen LogP contribution in [0.1, 0.15) is 19.8 Å². The number of sulfone groups is 1. The number of esters is 1. The SMILES string of the molecule is CC1=CC2C(S(=O)(=O)c3ccccc3)CC1CC21C=CC(=O)O1. The number of carbonyl (C=O) groups is 1. The molecule has 4 aliphatic rings. The van der Waals surface area contributed by atoms with Crippen molar-refractivity contribution in [1.29, 1.82) is 0 Å². The number of carbonyl (C=O) groups excluding carboxylic acids is 1. The number of hydrogen-bond acceptors (Lipinski definition) is 4. The van der Waals surface area contributed by atoms with Gasteiger partial charge in [0, 0.05) is 12.0 Å². The van der Waals surface area contributed by atoms with Gasteiger partial charge in [-0.2, -0.15) is 0 Å². The highest BCUT2D eigenvalue weighted by atomic mass is 32.2. The predicted octanol–water partition coefficient (Wildman–Crippen LogP) is 2.67. The van der Waals surface area contributed by atoms with Crippen LogP contribution in [-0.2, 0) is 19.4 Å². The largest absolute Gasteiger partial charge is 0.451 e. The van der Waals surface area contributed by atoms with Crippen LogP contribution in [-0.4, -0.2) is 25.2 Å². The van der Waals surface area contributed by atoms with E-state index in [-0.39, 0.29) is 17.8 Å². The molecule has 120 valence electrons. The number of ether oxygens (including phenoxy) is 1. The summed E-state index contributed by atoms with van der Waals surface area (Å²) < 4.78 is 31.8. The third-order valence-corrected chi connectivity index (χ3v) is 7.61. The quantitative estimate of drug-likeness (QED) is 0.618. The van der Waals surface area contributed by atoms with Gasteiger partial charge in [-0.3, -0.25) is 0 Å². The lowest BCUT2D eigenvalue weighted by Crippen LogP contribution is -2.54. The van der Waals surface area contributed by atoms with E-state index in [4.69, 9.17) is 4.74 Å². The predicted molar refractivity (Wildman–Crippen MR) is 85.3 cm³/mol. The van der Waals surface area contributed by atoms with E-state index in [2.05, 4.69) is 0 Å². The van der Waals surface area contributed by atoms with Crippen LogP contribution in [0, 0.1) is 11.8 Å². The molecular weight excluding hydrogens is 312 g/mol. The molecule has 1 saturated carbocycles. The second kappa shape index (κ2) is 4.81. The van der Waals surface area contributed by atoms with Crippen LogP contribution in [0.25, 0.3) is 0 Å². The molecule has 1 aromatic rings. The molecule has 5 rings (SSSR count). The molecular formula is C18H18O4S. The molecule has 1 aliphatic heterocycles. The fourth-order valence-corrected chi connectivity index (χ4v) is 6.29. The van der Waals surface area contributed by atoms with E-state index in [1.807, 2.05) is 13.0 Å². The maximum atomic E-state index is 13.1. The zero-order valence-electron chi connectivity index (χ0n) is 12.8. The van der Waals surface area contributed by atoms with Crippen molar-refractivity contribution in [2.45, 2.75) is 35.5 Å². The second-order valence-corrected chi connectivity index (χ2v) is 8.85. The average molecular weight is 330 g/mol. The lowest BCUT2D eigenvalue weighted by atomic mass is 9.63. The van der Waals surface area contributed by atoms with Crippen molar-refractivity contribution in [3.63, 3.8) is 0 Å². The molecule has 4 atom stereocenters. The average Bonchev–Trinajstić information content (AvgIpc) is 2.90. The maximum absolute atomic E-state index is 13.1. The number of allylic oxidation sites excluding steroid dienone is 1. The Labute approximate surface area is 135 Å². The van der Waals surface area contributed by atoms with Crippen molar-refractivity contribution in [2.24, 2.45) is 11.8 Å². The van der Waals surface area contributed by atoms with Gasteiger partial charge >= 0.3 is 5.97 Å².